The molecular weight excluding hydrogens is 254 g/mol. The van der Waals surface area contributed by atoms with Gasteiger partial charge in [-0.3, -0.25) is 9.63 Å². The Morgan fingerprint density at radius 2 is 1.89 bits per heavy atom. The average Bonchev–Trinajstić information content (AvgIpc) is 2.38. The van der Waals surface area contributed by atoms with Crippen molar-refractivity contribution in [3.05, 3.63) is 41.5 Å². The molecule has 100 valence electrons. The van der Waals surface area contributed by atoms with Gasteiger partial charge in [0, 0.05) is 0 Å². The van der Waals surface area contributed by atoms with Crippen molar-refractivity contribution in [1.29, 1.82) is 0 Å². The lowest BCUT2D eigenvalue weighted by atomic mass is 10.1. The van der Waals surface area contributed by atoms with Gasteiger partial charge in [-0.2, -0.15) is 5.48 Å². The van der Waals surface area contributed by atoms with E-state index in [1.807, 2.05) is 5.48 Å². The Balaban J connectivity index is 2.63. The van der Waals surface area contributed by atoms with E-state index in [2.05, 4.69) is 0 Å². The second kappa shape index (κ2) is 7.07. The SMILES string of the molecule is O=C=C(C(=O)O)[C@H](NOCc1ccccc1)C(=O)O. The molecule has 1 atom stereocenters. The second-order valence-electron chi connectivity index (χ2n) is 3.48. The van der Waals surface area contributed by atoms with E-state index in [-0.39, 0.29) is 6.61 Å². The van der Waals surface area contributed by atoms with E-state index in [4.69, 9.17) is 15.1 Å². The molecule has 1 aromatic carbocycles. The first-order valence-electron chi connectivity index (χ1n) is 5.18. The van der Waals surface area contributed by atoms with Crippen LogP contribution < -0.4 is 5.48 Å². The number of carboxylic acid groups (broad SMARTS) is 2. The number of hydroxylamine groups is 1. The summed E-state index contributed by atoms with van der Waals surface area (Å²) in [4.78, 5) is 36.8. The van der Waals surface area contributed by atoms with Crippen LogP contribution in [0.4, 0.5) is 0 Å². The van der Waals surface area contributed by atoms with Crippen molar-refractivity contribution in [2.75, 3.05) is 0 Å². The zero-order valence-electron chi connectivity index (χ0n) is 9.70. The van der Waals surface area contributed by atoms with Gasteiger partial charge in [-0.15, -0.1) is 0 Å². The summed E-state index contributed by atoms with van der Waals surface area (Å²) in [6, 6.07) is 7.03. The van der Waals surface area contributed by atoms with E-state index in [1.54, 1.807) is 30.3 Å². The first kappa shape index (κ1) is 14.6. The standard InChI is InChI=1S/C12H11NO6/c14-6-9(11(15)16)10(12(17)18)13-19-7-8-4-2-1-3-5-8/h1-5,10,13H,7H2,(H,15,16)(H,17,18)/t10-/m0/s1. The summed E-state index contributed by atoms with van der Waals surface area (Å²) in [6.07, 6.45) is 0. The van der Waals surface area contributed by atoms with Gasteiger partial charge in [-0.25, -0.2) is 9.59 Å². The van der Waals surface area contributed by atoms with E-state index in [0.717, 1.165) is 11.5 Å². The van der Waals surface area contributed by atoms with Crippen LogP contribution in [0.5, 0.6) is 0 Å². The van der Waals surface area contributed by atoms with Crippen LogP contribution in [0.15, 0.2) is 35.9 Å². The van der Waals surface area contributed by atoms with Gasteiger partial charge in [0.25, 0.3) is 0 Å². The van der Waals surface area contributed by atoms with Crippen LogP contribution in [0, 0.1) is 0 Å². The molecule has 0 spiro atoms. The summed E-state index contributed by atoms with van der Waals surface area (Å²) in [7, 11) is 0. The Hall–Kier alpha value is -2.47. The van der Waals surface area contributed by atoms with Crippen LogP contribution >= 0.6 is 0 Å². The third-order valence-electron chi connectivity index (χ3n) is 2.16. The van der Waals surface area contributed by atoms with Crippen molar-refractivity contribution in [3.8, 4) is 0 Å². The van der Waals surface area contributed by atoms with Crippen LogP contribution in [0.1, 0.15) is 5.56 Å². The van der Waals surface area contributed by atoms with Crippen molar-refractivity contribution in [3.63, 3.8) is 0 Å². The van der Waals surface area contributed by atoms with Crippen LogP contribution in [0.25, 0.3) is 0 Å². The van der Waals surface area contributed by atoms with Crippen LogP contribution in [0.2, 0.25) is 0 Å². The minimum absolute atomic E-state index is 0.0242. The molecule has 0 amide bonds. The van der Waals surface area contributed by atoms with Crippen molar-refractivity contribution in [2.24, 2.45) is 0 Å². The lowest BCUT2D eigenvalue weighted by Gasteiger charge is -2.12. The molecule has 19 heavy (non-hydrogen) atoms. The number of hydrogen-bond acceptors (Lipinski definition) is 5. The Morgan fingerprint density at radius 1 is 1.26 bits per heavy atom. The first-order chi connectivity index (χ1) is 9.06. The van der Waals surface area contributed by atoms with Crippen LogP contribution in [0.3, 0.4) is 0 Å². The molecule has 0 bridgehead atoms. The number of benzene rings is 1. The number of nitrogens with one attached hydrogen (secondary N) is 1. The molecule has 0 aromatic heterocycles. The van der Waals surface area contributed by atoms with E-state index in [9.17, 15) is 14.4 Å². The van der Waals surface area contributed by atoms with Crippen molar-refractivity contribution < 1.29 is 29.4 Å². The quantitative estimate of drug-likeness (QED) is 0.361. The highest BCUT2D eigenvalue weighted by Gasteiger charge is 2.29. The number of aliphatic carboxylic acids is 2. The average molecular weight is 265 g/mol. The number of carbonyl (C=O) groups excluding carboxylic acids is 1. The van der Waals surface area contributed by atoms with Crippen molar-refractivity contribution in [1.82, 2.24) is 5.48 Å². The maximum atomic E-state index is 10.8. The molecule has 0 aliphatic heterocycles. The monoisotopic (exact) mass is 265 g/mol. The van der Waals surface area contributed by atoms with Crippen LogP contribution in [-0.4, -0.2) is 34.1 Å². The van der Waals surface area contributed by atoms with Gasteiger partial charge in [0.2, 0.25) is 0 Å². The molecule has 7 nitrogen and oxygen atoms in total. The van der Waals surface area contributed by atoms with Gasteiger partial charge in [0.05, 0.1) is 6.61 Å². The smallest absolute Gasteiger partial charge is 0.345 e. The Morgan fingerprint density at radius 3 is 2.37 bits per heavy atom. The van der Waals surface area contributed by atoms with Gasteiger partial charge in [0.15, 0.2) is 11.6 Å². The van der Waals surface area contributed by atoms with E-state index in [1.165, 1.54) is 0 Å². The molecule has 0 heterocycles. The molecule has 1 rings (SSSR count). The largest absolute Gasteiger partial charge is 0.480 e. The molecular formula is C12H11NO6. The number of carboxylic acids is 2. The lowest BCUT2D eigenvalue weighted by Crippen LogP contribution is -2.40. The summed E-state index contributed by atoms with van der Waals surface area (Å²) in [5.41, 5.74) is 1.82. The van der Waals surface area contributed by atoms with Gasteiger partial charge in [-0.05, 0) is 5.56 Å². The van der Waals surface area contributed by atoms with E-state index < -0.39 is 23.6 Å². The molecule has 0 radical (unpaired) electrons. The summed E-state index contributed by atoms with van der Waals surface area (Å²) >= 11 is 0. The molecule has 0 saturated heterocycles. The third kappa shape index (κ3) is 4.36. The molecule has 0 fully saturated rings. The van der Waals surface area contributed by atoms with E-state index in [0.29, 0.717) is 0 Å². The highest BCUT2D eigenvalue weighted by molar-refractivity contribution is 6.02. The zero-order chi connectivity index (χ0) is 14.3. The predicted octanol–water partition coefficient (Wildman–Crippen LogP) is 0.00360. The Labute approximate surface area is 108 Å². The van der Waals surface area contributed by atoms with Crippen molar-refractivity contribution in [2.45, 2.75) is 12.6 Å². The fourth-order valence-electron chi connectivity index (χ4n) is 1.24. The normalized spacial score (nSPS) is 11.4. The predicted molar refractivity (Wildman–Crippen MR) is 62.6 cm³/mol. The zero-order valence-corrected chi connectivity index (χ0v) is 9.70. The molecule has 0 unspecified atom stereocenters. The summed E-state index contributed by atoms with van der Waals surface area (Å²) in [5.74, 6) is -2.14. The van der Waals surface area contributed by atoms with Gasteiger partial charge >= 0.3 is 11.9 Å². The first-order valence-corrected chi connectivity index (χ1v) is 5.18. The molecule has 3 N–H and O–H groups in total. The third-order valence-corrected chi connectivity index (χ3v) is 2.16. The molecule has 7 heteroatoms. The van der Waals surface area contributed by atoms with Gasteiger partial charge < -0.3 is 10.2 Å². The minimum Gasteiger partial charge on any atom is -0.480 e. The maximum Gasteiger partial charge on any atom is 0.345 e. The Kier molecular flexibility index (Phi) is 5.43. The molecule has 0 saturated carbocycles. The van der Waals surface area contributed by atoms with Gasteiger partial charge in [-0.1, -0.05) is 30.3 Å². The lowest BCUT2D eigenvalue weighted by molar-refractivity contribution is -0.146. The fourth-order valence-corrected chi connectivity index (χ4v) is 1.24. The second-order valence-corrected chi connectivity index (χ2v) is 3.48. The minimum atomic E-state index is -1.78. The van der Waals surface area contributed by atoms with Crippen molar-refractivity contribution >= 4 is 17.9 Å². The highest BCUT2D eigenvalue weighted by Crippen LogP contribution is 2.03. The van der Waals surface area contributed by atoms with Gasteiger partial charge in [0.1, 0.15) is 5.94 Å². The molecule has 0 aliphatic carbocycles. The highest BCUT2D eigenvalue weighted by atomic mass is 16.6. The maximum absolute atomic E-state index is 10.8. The number of carbonyl (C=O) groups is 2. The fraction of sp³-hybridized carbons (Fsp3) is 0.167. The topological polar surface area (TPSA) is 113 Å². The summed E-state index contributed by atoms with van der Waals surface area (Å²) in [6.45, 7) is 0.0242. The Bertz CT molecular complexity index is 506. The molecule has 1 aromatic rings. The number of hydrogen-bond donors (Lipinski definition) is 3. The summed E-state index contributed by atoms with van der Waals surface area (Å²) in [5, 5.41) is 17.5. The number of rotatable bonds is 7. The summed E-state index contributed by atoms with van der Waals surface area (Å²) < 4.78 is 0. The van der Waals surface area contributed by atoms with E-state index >= 15 is 0 Å². The van der Waals surface area contributed by atoms with Crippen LogP contribution in [-0.2, 0) is 25.8 Å². The molecule has 0 aliphatic rings.